The monoisotopic (exact) mass is 348 g/mol. The number of amides is 1. The van der Waals surface area contributed by atoms with Gasteiger partial charge in [0.25, 0.3) is 5.91 Å². The Labute approximate surface area is 152 Å². The molecule has 4 rings (SSSR count). The molecule has 0 N–H and O–H groups in total. The number of nitrogens with zero attached hydrogens (tertiary/aromatic N) is 2. The SMILES string of the molecule is COc1cccc2c1CCCCN2C(=O)c1coc(-c2ccccc2)n1. The van der Waals surface area contributed by atoms with Gasteiger partial charge in [0.15, 0.2) is 5.69 Å². The van der Waals surface area contributed by atoms with E-state index in [-0.39, 0.29) is 5.91 Å². The molecule has 0 saturated heterocycles. The van der Waals surface area contributed by atoms with Gasteiger partial charge < -0.3 is 14.1 Å². The number of oxazole rings is 1. The van der Waals surface area contributed by atoms with Crippen LogP contribution in [-0.4, -0.2) is 24.5 Å². The van der Waals surface area contributed by atoms with Crippen molar-refractivity contribution in [2.75, 3.05) is 18.6 Å². The van der Waals surface area contributed by atoms with Gasteiger partial charge in [-0.3, -0.25) is 4.79 Å². The van der Waals surface area contributed by atoms with Gasteiger partial charge in [-0.25, -0.2) is 4.98 Å². The molecule has 1 aliphatic heterocycles. The van der Waals surface area contributed by atoms with Crippen molar-refractivity contribution in [1.29, 1.82) is 0 Å². The van der Waals surface area contributed by atoms with E-state index < -0.39 is 0 Å². The Balaban J connectivity index is 1.68. The Morgan fingerprint density at radius 3 is 2.77 bits per heavy atom. The maximum Gasteiger partial charge on any atom is 0.280 e. The smallest absolute Gasteiger partial charge is 0.280 e. The maximum absolute atomic E-state index is 13.1. The van der Waals surface area contributed by atoms with Crippen LogP contribution in [0.5, 0.6) is 5.75 Å². The molecule has 0 saturated carbocycles. The summed E-state index contributed by atoms with van der Waals surface area (Å²) in [6.07, 6.45) is 4.30. The lowest BCUT2D eigenvalue weighted by molar-refractivity contribution is 0.0982. The van der Waals surface area contributed by atoms with E-state index in [2.05, 4.69) is 4.98 Å². The van der Waals surface area contributed by atoms with Crippen LogP contribution < -0.4 is 9.64 Å². The quantitative estimate of drug-likeness (QED) is 0.707. The predicted molar refractivity (Wildman–Crippen MR) is 99.5 cm³/mol. The van der Waals surface area contributed by atoms with Gasteiger partial charge in [0.05, 0.1) is 12.8 Å². The highest BCUT2D eigenvalue weighted by molar-refractivity contribution is 6.05. The number of rotatable bonds is 3. The minimum Gasteiger partial charge on any atom is -0.496 e. The van der Waals surface area contributed by atoms with E-state index in [9.17, 15) is 4.79 Å². The average Bonchev–Trinajstić information content (AvgIpc) is 3.08. The molecule has 0 atom stereocenters. The van der Waals surface area contributed by atoms with Crippen molar-refractivity contribution in [1.82, 2.24) is 4.98 Å². The molecule has 3 aromatic rings. The van der Waals surface area contributed by atoms with Crippen molar-refractivity contribution in [2.24, 2.45) is 0 Å². The highest BCUT2D eigenvalue weighted by Gasteiger charge is 2.26. The second-order valence-electron chi connectivity index (χ2n) is 6.28. The van der Waals surface area contributed by atoms with Crippen LogP contribution in [0.4, 0.5) is 5.69 Å². The normalized spacial score (nSPS) is 13.8. The zero-order valence-corrected chi connectivity index (χ0v) is 14.6. The maximum atomic E-state index is 13.1. The van der Waals surface area contributed by atoms with Gasteiger partial charge in [-0.1, -0.05) is 24.3 Å². The number of aromatic nitrogens is 1. The first-order chi connectivity index (χ1) is 12.8. The molecule has 2 aromatic carbocycles. The molecule has 2 heterocycles. The van der Waals surface area contributed by atoms with Crippen molar-refractivity contribution in [2.45, 2.75) is 19.3 Å². The van der Waals surface area contributed by atoms with Crippen LogP contribution in [0.2, 0.25) is 0 Å². The molecule has 0 spiro atoms. The van der Waals surface area contributed by atoms with Crippen molar-refractivity contribution >= 4 is 11.6 Å². The summed E-state index contributed by atoms with van der Waals surface area (Å²) in [5.41, 5.74) is 3.15. The number of fused-ring (bicyclic) bond motifs is 1. The van der Waals surface area contributed by atoms with Gasteiger partial charge >= 0.3 is 0 Å². The first-order valence-electron chi connectivity index (χ1n) is 8.76. The van der Waals surface area contributed by atoms with Gasteiger partial charge in [0, 0.05) is 17.7 Å². The van der Waals surface area contributed by atoms with Gasteiger partial charge in [0.1, 0.15) is 12.0 Å². The second kappa shape index (κ2) is 7.04. The highest BCUT2D eigenvalue weighted by Crippen LogP contribution is 2.34. The average molecular weight is 348 g/mol. The molecular weight excluding hydrogens is 328 g/mol. The van der Waals surface area contributed by atoms with Gasteiger partial charge in [-0.2, -0.15) is 0 Å². The lowest BCUT2D eigenvalue weighted by Crippen LogP contribution is -2.32. The second-order valence-corrected chi connectivity index (χ2v) is 6.28. The summed E-state index contributed by atoms with van der Waals surface area (Å²) in [6, 6.07) is 15.4. The van der Waals surface area contributed by atoms with Crippen LogP contribution in [0.25, 0.3) is 11.5 Å². The lowest BCUT2D eigenvalue weighted by atomic mass is 10.1. The van der Waals surface area contributed by atoms with Crippen LogP contribution in [-0.2, 0) is 6.42 Å². The molecule has 5 heteroatoms. The predicted octanol–water partition coefficient (Wildman–Crippen LogP) is 4.33. The van der Waals surface area contributed by atoms with E-state index in [1.165, 1.54) is 6.26 Å². The third-order valence-electron chi connectivity index (χ3n) is 4.67. The third kappa shape index (κ3) is 2.96. The van der Waals surface area contributed by atoms with Crippen LogP contribution >= 0.6 is 0 Å². The molecule has 0 unspecified atom stereocenters. The molecule has 132 valence electrons. The lowest BCUT2D eigenvalue weighted by Gasteiger charge is -2.22. The van der Waals surface area contributed by atoms with Crippen molar-refractivity contribution in [3.8, 4) is 17.2 Å². The molecule has 0 bridgehead atoms. The fourth-order valence-electron chi connectivity index (χ4n) is 3.38. The number of carbonyl (C=O) groups excluding carboxylic acids is 1. The van der Waals surface area contributed by atoms with Gasteiger partial charge in [-0.05, 0) is 43.5 Å². The zero-order chi connectivity index (χ0) is 17.9. The number of carbonyl (C=O) groups is 1. The Kier molecular flexibility index (Phi) is 4.44. The summed E-state index contributed by atoms with van der Waals surface area (Å²) < 4.78 is 11.0. The largest absolute Gasteiger partial charge is 0.496 e. The third-order valence-corrected chi connectivity index (χ3v) is 4.67. The zero-order valence-electron chi connectivity index (χ0n) is 14.6. The van der Waals surface area contributed by atoms with E-state index in [0.717, 1.165) is 41.8 Å². The summed E-state index contributed by atoms with van der Waals surface area (Å²) in [6.45, 7) is 0.659. The Bertz CT molecular complexity index is 918. The Morgan fingerprint density at radius 1 is 1.12 bits per heavy atom. The summed E-state index contributed by atoms with van der Waals surface area (Å²) in [4.78, 5) is 19.3. The minimum atomic E-state index is -0.146. The Hall–Kier alpha value is -3.08. The standard InChI is InChI=1S/C21H20N2O3/c1-25-19-12-7-11-18-16(19)10-5-6-13-23(18)21(24)17-14-26-20(22-17)15-8-3-2-4-9-15/h2-4,7-9,11-12,14H,5-6,10,13H2,1H3. The molecule has 0 fully saturated rings. The van der Waals surface area contributed by atoms with Gasteiger partial charge in [-0.15, -0.1) is 0 Å². The number of hydrogen-bond acceptors (Lipinski definition) is 4. The first kappa shape index (κ1) is 16.4. The molecule has 0 aliphatic carbocycles. The van der Waals surface area contributed by atoms with Crippen LogP contribution in [0.15, 0.2) is 59.2 Å². The number of ether oxygens (including phenoxy) is 1. The summed E-state index contributed by atoms with van der Waals surface area (Å²) in [5, 5.41) is 0. The fourth-order valence-corrected chi connectivity index (χ4v) is 3.38. The number of methoxy groups -OCH3 is 1. The first-order valence-corrected chi connectivity index (χ1v) is 8.76. The van der Waals surface area contributed by atoms with Crippen LogP contribution in [0.1, 0.15) is 28.9 Å². The molecule has 26 heavy (non-hydrogen) atoms. The molecule has 1 amide bonds. The summed E-state index contributed by atoms with van der Waals surface area (Å²) in [5.74, 6) is 1.13. The van der Waals surface area contributed by atoms with E-state index >= 15 is 0 Å². The molecule has 1 aliphatic rings. The fraction of sp³-hybridized carbons (Fsp3) is 0.238. The molecule has 0 radical (unpaired) electrons. The molecule has 1 aromatic heterocycles. The minimum absolute atomic E-state index is 0.146. The van der Waals surface area contributed by atoms with E-state index in [4.69, 9.17) is 9.15 Å². The van der Waals surface area contributed by atoms with Crippen LogP contribution in [0.3, 0.4) is 0 Å². The molecule has 5 nitrogen and oxygen atoms in total. The van der Waals surface area contributed by atoms with Crippen molar-refractivity contribution in [3.05, 3.63) is 66.1 Å². The Morgan fingerprint density at radius 2 is 1.96 bits per heavy atom. The van der Waals surface area contributed by atoms with E-state index in [1.807, 2.05) is 48.5 Å². The van der Waals surface area contributed by atoms with Crippen molar-refractivity contribution < 1.29 is 13.9 Å². The number of anilines is 1. The van der Waals surface area contributed by atoms with Gasteiger partial charge in [0.2, 0.25) is 5.89 Å². The van der Waals surface area contributed by atoms with Crippen molar-refractivity contribution in [3.63, 3.8) is 0 Å². The number of hydrogen-bond donors (Lipinski definition) is 0. The highest BCUT2D eigenvalue weighted by atomic mass is 16.5. The summed E-state index contributed by atoms with van der Waals surface area (Å²) >= 11 is 0. The van der Waals surface area contributed by atoms with Crippen LogP contribution in [0, 0.1) is 0 Å². The summed E-state index contributed by atoms with van der Waals surface area (Å²) in [7, 11) is 1.66. The van der Waals surface area contributed by atoms with E-state index in [1.54, 1.807) is 12.0 Å². The molecular formula is C21H20N2O3. The topological polar surface area (TPSA) is 55.6 Å². The van der Waals surface area contributed by atoms with E-state index in [0.29, 0.717) is 18.1 Å². The number of benzene rings is 2.